The highest BCUT2D eigenvalue weighted by Crippen LogP contribution is 2.45. The molecule has 1 atom stereocenters. The van der Waals surface area contributed by atoms with Gasteiger partial charge in [0.2, 0.25) is 5.91 Å². The van der Waals surface area contributed by atoms with Crippen LogP contribution < -0.4 is 11.1 Å². The lowest BCUT2D eigenvalue weighted by Crippen LogP contribution is -2.33. The Morgan fingerprint density at radius 3 is 2.62 bits per heavy atom. The van der Waals surface area contributed by atoms with Gasteiger partial charge in [-0.2, -0.15) is 5.10 Å². The van der Waals surface area contributed by atoms with Crippen molar-refractivity contribution < 1.29 is 19.1 Å². The topological polar surface area (TPSA) is 136 Å². The van der Waals surface area contributed by atoms with Crippen LogP contribution in [0, 0.1) is 5.82 Å². The number of nitrogens with two attached hydrogens (primary N) is 1. The van der Waals surface area contributed by atoms with E-state index in [0.29, 0.717) is 57.0 Å². The highest BCUT2D eigenvalue weighted by atomic mass is 35.5. The van der Waals surface area contributed by atoms with Crippen LogP contribution in [0.3, 0.4) is 0 Å². The number of hydrogen-bond donors (Lipinski definition) is 3. The fourth-order valence-corrected chi connectivity index (χ4v) is 5.62. The van der Waals surface area contributed by atoms with Gasteiger partial charge in [0, 0.05) is 22.4 Å². The van der Waals surface area contributed by atoms with Crippen molar-refractivity contribution >= 4 is 46.0 Å². The van der Waals surface area contributed by atoms with Crippen molar-refractivity contribution in [1.29, 1.82) is 0 Å². The van der Waals surface area contributed by atoms with E-state index in [0.717, 1.165) is 5.56 Å². The minimum atomic E-state index is -1.14. The zero-order valence-electron chi connectivity index (χ0n) is 22.6. The summed E-state index contributed by atoms with van der Waals surface area (Å²) in [6.07, 6.45) is 1.23. The van der Waals surface area contributed by atoms with E-state index in [9.17, 15) is 14.0 Å². The van der Waals surface area contributed by atoms with Crippen LogP contribution in [0.25, 0.3) is 22.4 Å². The summed E-state index contributed by atoms with van der Waals surface area (Å²) < 4.78 is 16.1. The number of hydrogen-bond acceptors (Lipinski definition) is 6. The average Bonchev–Trinajstić information content (AvgIpc) is 3.44. The lowest BCUT2D eigenvalue weighted by atomic mass is 9.77. The predicted molar refractivity (Wildman–Crippen MR) is 158 cm³/mol. The van der Waals surface area contributed by atoms with E-state index in [4.69, 9.17) is 27.5 Å². The number of nitrogens with zero attached hydrogens (tertiary/aromatic N) is 4. The summed E-state index contributed by atoms with van der Waals surface area (Å²) in [5, 5.41) is 17.7. The largest absolute Gasteiger partial charge is 0.481 e. The Kier molecular flexibility index (Phi) is 6.86. The number of aromatic nitrogens is 4. The molecule has 0 unspecified atom stereocenters. The Bertz CT molecular complexity index is 1870. The Morgan fingerprint density at radius 1 is 1.12 bits per heavy atom. The van der Waals surface area contributed by atoms with Gasteiger partial charge in [-0.1, -0.05) is 54.1 Å². The van der Waals surface area contributed by atoms with Gasteiger partial charge in [-0.15, -0.1) is 0 Å². The van der Waals surface area contributed by atoms with Gasteiger partial charge in [-0.25, -0.2) is 14.4 Å². The molecule has 2 aromatic heterocycles. The Balaban J connectivity index is 1.38. The van der Waals surface area contributed by atoms with Crippen LogP contribution in [0.2, 0.25) is 5.02 Å². The van der Waals surface area contributed by atoms with E-state index in [2.05, 4.69) is 15.3 Å². The first kappa shape index (κ1) is 27.3. The van der Waals surface area contributed by atoms with Gasteiger partial charge in [0.05, 0.1) is 17.6 Å². The molecule has 6 rings (SSSR count). The first-order valence-electron chi connectivity index (χ1n) is 13.4. The molecule has 0 radical (unpaired) electrons. The van der Waals surface area contributed by atoms with E-state index in [1.807, 2.05) is 24.3 Å². The fourth-order valence-electron chi connectivity index (χ4n) is 5.46. The summed E-state index contributed by atoms with van der Waals surface area (Å²) in [7, 11) is 0. The van der Waals surface area contributed by atoms with Crippen LogP contribution in [0.4, 0.5) is 16.0 Å². The normalized spacial score (nSPS) is 16.0. The number of carboxylic acids is 1. The Hall–Kier alpha value is -4.83. The van der Waals surface area contributed by atoms with Crippen molar-refractivity contribution in [3.8, 4) is 11.5 Å². The van der Waals surface area contributed by atoms with Gasteiger partial charge >= 0.3 is 5.97 Å². The van der Waals surface area contributed by atoms with Crippen molar-refractivity contribution in [1.82, 2.24) is 19.7 Å². The molecule has 3 heterocycles. The number of aryl methyl sites for hydroxylation is 1. The molecule has 0 spiro atoms. The number of benzene rings is 3. The van der Waals surface area contributed by atoms with E-state index in [-0.39, 0.29) is 36.3 Å². The van der Waals surface area contributed by atoms with Crippen LogP contribution in [0.1, 0.15) is 42.0 Å². The standard InChI is InChI=1S/C31H26ClFN6O3/c1-31(19-11-9-17(10-12-19)5-4-8-24(40)41)25-27(34)35-29(36-28(25)37-30(31)42)26-21-14-13-20(32)15-23(21)39(38-26)16-18-6-2-3-7-22(18)33/h2-3,6-7,9-15H,4-5,8,16H2,1H3,(H,40,41)(H3,34,35,36,37,42)/t31-/m1/s1. The summed E-state index contributed by atoms with van der Waals surface area (Å²) >= 11 is 6.30. The average molecular weight is 585 g/mol. The lowest BCUT2D eigenvalue weighted by molar-refractivity contribution is -0.137. The van der Waals surface area contributed by atoms with Crippen LogP contribution in [0.15, 0.2) is 66.7 Å². The highest BCUT2D eigenvalue weighted by Gasteiger charge is 2.47. The van der Waals surface area contributed by atoms with Crippen LogP contribution >= 0.6 is 11.6 Å². The molecule has 4 N–H and O–H groups in total. The second-order valence-corrected chi connectivity index (χ2v) is 10.9. The second-order valence-electron chi connectivity index (χ2n) is 10.4. The van der Waals surface area contributed by atoms with Gasteiger partial charge in [0.15, 0.2) is 5.82 Å². The number of rotatable bonds is 8. The Labute approximate surface area is 245 Å². The number of fused-ring (bicyclic) bond motifs is 2. The summed E-state index contributed by atoms with van der Waals surface area (Å²) in [5.74, 6) is -0.839. The number of aliphatic carboxylic acids is 1. The molecule has 3 aromatic carbocycles. The summed E-state index contributed by atoms with van der Waals surface area (Å²) in [6, 6.07) is 19.2. The molecule has 0 aliphatic carbocycles. The van der Waals surface area contributed by atoms with Crippen molar-refractivity contribution in [3.05, 3.63) is 99.8 Å². The summed E-state index contributed by atoms with van der Waals surface area (Å²) in [5.41, 5.74) is 9.07. The number of carbonyl (C=O) groups is 2. The van der Waals surface area contributed by atoms with Crippen LogP contribution in [-0.2, 0) is 28.0 Å². The van der Waals surface area contributed by atoms with E-state index < -0.39 is 11.4 Å². The number of nitrogen functional groups attached to an aromatic ring is 1. The van der Waals surface area contributed by atoms with E-state index in [1.54, 1.807) is 48.0 Å². The predicted octanol–water partition coefficient (Wildman–Crippen LogP) is 5.58. The monoisotopic (exact) mass is 584 g/mol. The zero-order valence-corrected chi connectivity index (χ0v) is 23.3. The molecule has 0 fully saturated rings. The molecular weight excluding hydrogens is 559 g/mol. The molecule has 1 amide bonds. The van der Waals surface area contributed by atoms with Crippen molar-refractivity contribution in [2.75, 3.05) is 11.1 Å². The maximum absolute atomic E-state index is 14.5. The van der Waals surface area contributed by atoms with Crippen molar-refractivity contribution in [2.45, 2.75) is 38.1 Å². The smallest absolute Gasteiger partial charge is 0.303 e. The molecular formula is C31H26ClFN6O3. The number of carbonyl (C=O) groups excluding carboxylic acids is 1. The number of anilines is 2. The minimum absolute atomic E-state index is 0.0924. The van der Waals surface area contributed by atoms with Gasteiger partial charge in [-0.3, -0.25) is 14.3 Å². The number of carboxylic acid groups (broad SMARTS) is 1. The SMILES string of the molecule is C[C@]1(c2ccc(CCCC(=O)O)cc2)C(=O)Nc2nc(-c3nn(Cc4ccccc4F)c4cc(Cl)ccc34)nc(N)c21. The fraction of sp³-hybridized carbons (Fsp3) is 0.194. The van der Waals surface area contributed by atoms with Gasteiger partial charge in [-0.05, 0) is 55.2 Å². The molecule has 212 valence electrons. The van der Waals surface area contributed by atoms with Gasteiger partial charge in [0.1, 0.15) is 28.6 Å². The minimum Gasteiger partial charge on any atom is -0.481 e. The number of halogens is 2. The Morgan fingerprint density at radius 2 is 1.88 bits per heavy atom. The molecule has 0 bridgehead atoms. The molecule has 1 aliphatic rings. The molecule has 1 aliphatic heterocycles. The highest BCUT2D eigenvalue weighted by molar-refractivity contribution is 6.31. The third-order valence-electron chi connectivity index (χ3n) is 7.71. The van der Waals surface area contributed by atoms with Crippen molar-refractivity contribution in [3.63, 3.8) is 0 Å². The third kappa shape index (κ3) is 4.73. The molecule has 11 heteroatoms. The van der Waals surface area contributed by atoms with E-state index in [1.165, 1.54) is 6.07 Å². The molecule has 0 saturated carbocycles. The molecule has 5 aromatic rings. The van der Waals surface area contributed by atoms with Gasteiger partial charge < -0.3 is 16.2 Å². The summed E-state index contributed by atoms with van der Waals surface area (Å²) in [6.45, 7) is 1.93. The molecule has 9 nitrogen and oxygen atoms in total. The molecule has 42 heavy (non-hydrogen) atoms. The number of nitrogens with one attached hydrogen (secondary N) is 1. The lowest BCUT2D eigenvalue weighted by Gasteiger charge is -2.23. The maximum atomic E-state index is 14.5. The molecule has 0 saturated heterocycles. The maximum Gasteiger partial charge on any atom is 0.303 e. The third-order valence-corrected chi connectivity index (χ3v) is 7.95. The number of amides is 1. The second kappa shape index (κ2) is 10.5. The van der Waals surface area contributed by atoms with Crippen LogP contribution in [0.5, 0.6) is 0 Å². The van der Waals surface area contributed by atoms with E-state index >= 15 is 0 Å². The zero-order chi connectivity index (χ0) is 29.6. The quantitative estimate of drug-likeness (QED) is 0.216. The van der Waals surface area contributed by atoms with Crippen molar-refractivity contribution in [2.24, 2.45) is 0 Å². The van der Waals surface area contributed by atoms with Crippen LogP contribution in [-0.4, -0.2) is 36.7 Å². The first-order valence-corrected chi connectivity index (χ1v) is 13.7. The van der Waals surface area contributed by atoms with Gasteiger partial charge in [0.25, 0.3) is 0 Å². The first-order chi connectivity index (χ1) is 20.1. The summed E-state index contributed by atoms with van der Waals surface area (Å²) in [4.78, 5) is 33.5.